The summed E-state index contributed by atoms with van der Waals surface area (Å²) in [6.45, 7) is 30.2. The molecule has 0 aromatic carbocycles. The van der Waals surface area contributed by atoms with Crippen LogP contribution in [0, 0.1) is 35.5 Å². The van der Waals surface area contributed by atoms with Crippen LogP contribution in [0.1, 0.15) is 206 Å². The van der Waals surface area contributed by atoms with Crippen molar-refractivity contribution >= 4 is 17.7 Å². The van der Waals surface area contributed by atoms with Crippen molar-refractivity contribution in [2.24, 2.45) is 35.5 Å². The Hall–Kier alpha value is -1.22. The minimum Gasteiger partial charge on any atom is -0.387 e. The minimum atomic E-state index is -1.88. The molecule has 0 radical (unpaired) electrons. The van der Waals surface area contributed by atoms with Gasteiger partial charge in [0.15, 0.2) is 37.7 Å². The maximum Gasteiger partial charge on any atom is 0.220 e. The van der Waals surface area contributed by atoms with Crippen LogP contribution in [0.2, 0.25) is 0 Å². The van der Waals surface area contributed by atoms with Gasteiger partial charge in [0.05, 0.1) is 43.2 Å². The number of hydrogen-bond donors (Lipinski definition) is 13. The Morgan fingerprint density at radius 2 is 0.619 bits per heavy atom. The van der Waals surface area contributed by atoms with E-state index < -0.39 is 184 Å². The average molecular weight is 1530 g/mol. The Kier molecular flexibility index (Phi) is 39.0. The van der Waals surface area contributed by atoms with Gasteiger partial charge in [-0.25, -0.2) is 0 Å². The largest absolute Gasteiger partial charge is 0.387 e. The molecular weight excluding hydrogens is 1390 g/mol. The molecule has 30 atom stereocenters. The number of rotatable bonds is 36. The van der Waals surface area contributed by atoms with Crippen molar-refractivity contribution in [1.29, 1.82) is 0 Å². The smallest absolute Gasteiger partial charge is 0.220 e. The van der Waals surface area contributed by atoms with E-state index in [2.05, 4.69) is 24.5 Å². The van der Waals surface area contributed by atoms with E-state index >= 15 is 0 Å². The molecule has 105 heavy (non-hydrogen) atoms. The van der Waals surface area contributed by atoms with Gasteiger partial charge < -0.3 is 133 Å². The molecule has 22 rings (SSSR count). The molecule has 30 unspecified atom stereocenters. The molecule has 1 amide bonds. The molecule has 22 saturated heterocycles. The normalized spacial score (nSPS) is 39.6. The second kappa shape index (κ2) is 45.0. The van der Waals surface area contributed by atoms with Crippen LogP contribution in [0.25, 0.3) is 0 Å². The quantitative estimate of drug-likeness (QED) is 0.0385. The highest BCUT2D eigenvalue weighted by Crippen LogP contribution is 2.42. The molecule has 0 spiro atoms. The van der Waals surface area contributed by atoms with Gasteiger partial charge in [0.2, 0.25) is 5.91 Å². The number of ether oxygens (including phenoxy) is 14. The lowest BCUT2D eigenvalue weighted by Gasteiger charge is -2.52. The summed E-state index contributed by atoms with van der Waals surface area (Å²) < 4.78 is 91.2. The van der Waals surface area contributed by atoms with Crippen LogP contribution in [0.5, 0.6) is 0 Å². The molecule has 0 aromatic heterocycles. The molecule has 12 bridgehead atoms. The number of carbonyl (C=O) groups is 1. The number of nitrogens with one attached hydrogen (secondary N) is 2. The lowest BCUT2D eigenvalue weighted by molar-refractivity contribution is -0.403. The third kappa shape index (κ3) is 27.2. The van der Waals surface area contributed by atoms with Crippen molar-refractivity contribution in [3.63, 3.8) is 0 Å². The monoisotopic (exact) mass is 1530 g/mol. The van der Waals surface area contributed by atoms with E-state index in [0.29, 0.717) is 36.9 Å². The van der Waals surface area contributed by atoms with Crippen molar-refractivity contribution in [3.05, 3.63) is 0 Å². The Labute approximate surface area is 629 Å². The van der Waals surface area contributed by atoms with E-state index in [1.165, 1.54) is 25.7 Å². The molecule has 22 aliphatic rings. The van der Waals surface area contributed by atoms with Crippen LogP contribution in [0.15, 0.2) is 0 Å². The lowest BCUT2D eigenvalue weighted by atomic mass is 9.89. The predicted octanol–water partition coefficient (Wildman–Crippen LogP) is 4.45. The standard InChI is InChI=1S/C76H140N2O26S/c1-39(2)33-46-64-53(80)58(85)71(93-46)100-65-47(34-40(3)4)95-73(60(87)55(65)82)102-67-49(36-42(7)8)97-75(62(89)57(67)84)104-69-51(38-44(11)12)98-76(103-68-50(37-43(9)10)96-74(61(88)56(68)83)101-66-48(35-41(5)6)94-72(99-64)59(86)54(66)81)63(90)70(69)92-29-24-31-105-32-27-78-52(79)25-22-20-18-16-15-17-19-21-23-28-91-30-26-77-45(13)14/h39-51,53-77,80-90H,15-38H2,1-14H3,(H,78,79). The van der Waals surface area contributed by atoms with E-state index in [9.17, 15) is 61.0 Å². The fourth-order valence-electron chi connectivity index (χ4n) is 15.2. The highest BCUT2D eigenvalue weighted by Gasteiger charge is 2.59. The molecule has 29 heteroatoms. The lowest BCUT2D eigenvalue weighted by Crippen LogP contribution is -2.68. The highest BCUT2D eigenvalue weighted by molar-refractivity contribution is 7.99. The third-order valence-corrected chi connectivity index (χ3v) is 21.7. The van der Waals surface area contributed by atoms with Crippen molar-refractivity contribution in [2.45, 2.75) is 396 Å². The molecular formula is C76H140N2O26S. The fraction of sp³-hybridized carbons (Fsp3) is 0.987. The average Bonchev–Trinajstić information content (AvgIpc) is 0.772. The van der Waals surface area contributed by atoms with Crippen LogP contribution in [0.4, 0.5) is 0 Å². The first-order valence-corrected chi connectivity index (χ1v) is 41.1. The summed E-state index contributed by atoms with van der Waals surface area (Å²) in [6, 6.07) is 0.470. The van der Waals surface area contributed by atoms with Crippen molar-refractivity contribution in [1.82, 2.24) is 10.6 Å². The number of hydrogen-bond acceptors (Lipinski definition) is 28. The van der Waals surface area contributed by atoms with Crippen LogP contribution in [-0.2, 0) is 71.1 Å². The molecule has 22 heterocycles. The molecule has 13 N–H and O–H groups in total. The summed E-state index contributed by atoms with van der Waals surface area (Å²) in [5, 5.41) is 141. The molecule has 0 saturated carbocycles. The van der Waals surface area contributed by atoms with Gasteiger partial charge in [-0.3, -0.25) is 4.79 Å². The second-order valence-electron chi connectivity index (χ2n) is 33.3. The van der Waals surface area contributed by atoms with Gasteiger partial charge in [-0.1, -0.05) is 142 Å². The zero-order valence-electron chi connectivity index (χ0n) is 65.3. The van der Waals surface area contributed by atoms with Crippen LogP contribution in [-0.4, -0.2) is 297 Å². The maximum atomic E-state index is 12.8. The van der Waals surface area contributed by atoms with Crippen LogP contribution < -0.4 is 10.6 Å². The summed E-state index contributed by atoms with van der Waals surface area (Å²) in [5.41, 5.74) is 0. The van der Waals surface area contributed by atoms with Crippen LogP contribution in [0.3, 0.4) is 0 Å². The van der Waals surface area contributed by atoms with Crippen molar-refractivity contribution < 1.29 is 127 Å². The molecule has 22 fully saturated rings. The van der Waals surface area contributed by atoms with Crippen LogP contribution >= 0.6 is 11.8 Å². The fourth-order valence-corrected chi connectivity index (χ4v) is 16.0. The van der Waals surface area contributed by atoms with Gasteiger partial charge in [-0.05, 0) is 99.0 Å². The third-order valence-electron chi connectivity index (χ3n) is 20.6. The van der Waals surface area contributed by atoms with Crippen molar-refractivity contribution in [2.75, 3.05) is 44.4 Å². The number of carbonyl (C=O) groups excluding carboxylic acids is 1. The van der Waals surface area contributed by atoms with E-state index in [0.717, 1.165) is 51.9 Å². The summed E-state index contributed by atoms with van der Waals surface area (Å²) >= 11 is 1.62. The number of unbranched alkanes of at least 4 members (excludes halogenated alkanes) is 8. The van der Waals surface area contributed by atoms with E-state index in [1.54, 1.807) is 11.8 Å². The molecule has 616 valence electrons. The van der Waals surface area contributed by atoms with Gasteiger partial charge in [0, 0.05) is 44.5 Å². The van der Waals surface area contributed by atoms with Gasteiger partial charge >= 0.3 is 0 Å². The molecule has 0 aliphatic carbocycles. The Bertz CT molecular complexity index is 2380. The summed E-state index contributed by atoms with van der Waals surface area (Å²) in [6.07, 6.45) is -33.7. The van der Waals surface area contributed by atoms with Gasteiger partial charge in [0.1, 0.15) is 110 Å². The highest BCUT2D eigenvalue weighted by atomic mass is 32.2. The molecule has 28 nitrogen and oxygen atoms in total. The second-order valence-corrected chi connectivity index (χ2v) is 34.6. The number of aliphatic hydroxyl groups excluding tert-OH is 11. The summed E-state index contributed by atoms with van der Waals surface area (Å²) in [4.78, 5) is 12.8. The Morgan fingerprint density at radius 3 is 0.943 bits per heavy atom. The van der Waals surface area contributed by atoms with E-state index in [4.69, 9.17) is 66.3 Å². The summed E-state index contributed by atoms with van der Waals surface area (Å²) in [5.74, 6) is 0.563. The molecule has 22 aliphatic heterocycles. The number of amides is 1. The first-order valence-electron chi connectivity index (χ1n) is 40.0. The van der Waals surface area contributed by atoms with E-state index in [1.807, 2.05) is 83.1 Å². The first-order chi connectivity index (χ1) is 49.8. The minimum absolute atomic E-state index is 0.0209. The topological polar surface area (TPSA) is 393 Å². The zero-order chi connectivity index (χ0) is 76.9. The van der Waals surface area contributed by atoms with Gasteiger partial charge in [-0.15, -0.1) is 0 Å². The zero-order valence-corrected chi connectivity index (χ0v) is 66.1. The Balaban J connectivity index is 1.11. The molecule has 0 aromatic rings. The SMILES string of the molecule is CC(C)CC1OC2OC3C(CC(C)C)OC(OC4C(CC(C)C)OC(OC5C(CC(C)C)OC(OC6C(CC(C)C)OC(OC7C(CC(C)C)OC(OC1C(O)C2O)C(O)C7O)C(O)C6O)C(O)C5OCCCSCCNC(=O)CCCCCCCCCCCOCCNC(C)C)C(O)C4O)C(O)C3O. The Morgan fingerprint density at radius 1 is 0.324 bits per heavy atom. The maximum absolute atomic E-state index is 12.8. The van der Waals surface area contributed by atoms with E-state index in [-0.39, 0.29) is 86.5 Å². The predicted molar refractivity (Wildman–Crippen MR) is 389 cm³/mol. The number of thioether (sulfide) groups is 1. The van der Waals surface area contributed by atoms with Gasteiger partial charge in [0.25, 0.3) is 0 Å². The first kappa shape index (κ1) is 91.0. The van der Waals surface area contributed by atoms with Crippen molar-refractivity contribution in [3.8, 4) is 0 Å². The van der Waals surface area contributed by atoms with Gasteiger partial charge in [-0.2, -0.15) is 11.8 Å². The number of aliphatic hydroxyl groups is 11. The summed E-state index contributed by atoms with van der Waals surface area (Å²) in [7, 11) is 0.